The van der Waals surface area contributed by atoms with E-state index in [9.17, 15) is 14.4 Å². The molecule has 0 saturated carbocycles. The van der Waals surface area contributed by atoms with Crippen LogP contribution in [0, 0.1) is 6.92 Å². The predicted molar refractivity (Wildman–Crippen MR) is 79.6 cm³/mol. The molecule has 110 valence electrons. The number of Topliss-reactive ketones (excluding diaryl/α,β-unsaturated/α-hetero) is 1. The van der Waals surface area contributed by atoms with Crippen LogP contribution in [0.1, 0.15) is 49.4 Å². The van der Waals surface area contributed by atoms with Crippen molar-refractivity contribution in [3.05, 3.63) is 64.5 Å². The summed E-state index contributed by atoms with van der Waals surface area (Å²) in [4.78, 5) is 41.5. The van der Waals surface area contributed by atoms with Crippen molar-refractivity contribution < 1.29 is 14.4 Å². The minimum atomic E-state index is -0.310. The fraction of sp³-hybridized carbons (Fsp3) is 0.176. The van der Waals surface area contributed by atoms with E-state index in [1.54, 1.807) is 43.3 Å². The molecule has 2 heterocycles. The highest BCUT2D eigenvalue weighted by molar-refractivity contribution is 6.21. The van der Waals surface area contributed by atoms with Crippen LogP contribution in [0.2, 0.25) is 0 Å². The Labute approximate surface area is 127 Å². The van der Waals surface area contributed by atoms with E-state index in [4.69, 9.17) is 0 Å². The zero-order valence-corrected chi connectivity index (χ0v) is 12.3. The smallest absolute Gasteiger partial charge is 0.261 e. The number of nitrogens with zero attached hydrogens (tertiary/aromatic N) is 2. The van der Waals surface area contributed by atoms with Crippen LogP contribution in [0.25, 0.3) is 0 Å². The molecule has 5 heteroatoms. The van der Waals surface area contributed by atoms with Crippen LogP contribution in [0.15, 0.2) is 36.4 Å². The molecular formula is C17H14N2O3. The van der Waals surface area contributed by atoms with E-state index >= 15 is 0 Å². The van der Waals surface area contributed by atoms with Crippen LogP contribution in [0.5, 0.6) is 0 Å². The first kappa shape index (κ1) is 14.1. The average molecular weight is 294 g/mol. The van der Waals surface area contributed by atoms with Gasteiger partial charge in [-0.3, -0.25) is 24.3 Å². The Morgan fingerprint density at radius 1 is 1.05 bits per heavy atom. The van der Waals surface area contributed by atoms with Gasteiger partial charge in [-0.25, -0.2) is 0 Å². The van der Waals surface area contributed by atoms with Gasteiger partial charge >= 0.3 is 0 Å². The van der Waals surface area contributed by atoms with E-state index < -0.39 is 0 Å². The quantitative estimate of drug-likeness (QED) is 0.644. The van der Waals surface area contributed by atoms with Crippen LogP contribution in [0.3, 0.4) is 0 Å². The molecular weight excluding hydrogens is 280 g/mol. The van der Waals surface area contributed by atoms with Crippen LogP contribution in [-0.4, -0.2) is 27.5 Å². The first-order valence-corrected chi connectivity index (χ1v) is 6.91. The number of hydrogen-bond acceptors (Lipinski definition) is 4. The van der Waals surface area contributed by atoms with Gasteiger partial charge in [-0.05, 0) is 38.1 Å². The minimum absolute atomic E-state index is 0.0581. The SMILES string of the molecule is CC(=O)c1ccc(CN2C(=O)c3ccccc3C2=O)nc1C. The molecule has 0 spiro atoms. The maximum atomic E-state index is 12.3. The maximum absolute atomic E-state index is 12.3. The molecule has 1 aromatic carbocycles. The minimum Gasteiger partial charge on any atom is -0.294 e. The largest absolute Gasteiger partial charge is 0.294 e. The lowest BCUT2D eigenvalue weighted by Gasteiger charge is -2.14. The van der Waals surface area contributed by atoms with Gasteiger partial charge in [0.15, 0.2) is 5.78 Å². The molecule has 1 aliphatic rings. The van der Waals surface area contributed by atoms with Gasteiger partial charge in [-0.2, -0.15) is 0 Å². The second kappa shape index (κ2) is 5.18. The van der Waals surface area contributed by atoms with Crippen molar-refractivity contribution in [1.82, 2.24) is 9.88 Å². The number of imide groups is 1. The van der Waals surface area contributed by atoms with Crippen LogP contribution >= 0.6 is 0 Å². The number of carbonyl (C=O) groups excluding carboxylic acids is 3. The van der Waals surface area contributed by atoms with Gasteiger partial charge in [0, 0.05) is 11.3 Å². The number of rotatable bonds is 3. The molecule has 0 atom stereocenters. The summed E-state index contributed by atoms with van der Waals surface area (Å²) in [6.45, 7) is 3.32. The summed E-state index contributed by atoms with van der Waals surface area (Å²) in [5, 5.41) is 0. The topological polar surface area (TPSA) is 67.3 Å². The number of aryl methyl sites for hydroxylation is 1. The van der Waals surface area contributed by atoms with Crippen molar-refractivity contribution in [2.75, 3.05) is 0 Å². The van der Waals surface area contributed by atoms with E-state index in [2.05, 4.69) is 4.98 Å². The van der Waals surface area contributed by atoms with E-state index in [1.807, 2.05) is 0 Å². The van der Waals surface area contributed by atoms with Gasteiger partial charge in [0.2, 0.25) is 0 Å². The molecule has 0 aliphatic carbocycles. The lowest BCUT2D eigenvalue weighted by molar-refractivity contribution is 0.0639. The van der Waals surface area contributed by atoms with Crippen molar-refractivity contribution in [3.8, 4) is 0 Å². The fourth-order valence-corrected chi connectivity index (χ4v) is 2.62. The van der Waals surface area contributed by atoms with Gasteiger partial charge in [-0.1, -0.05) is 12.1 Å². The molecule has 2 amide bonds. The number of amides is 2. The van der Waals surface area contributed by atoms with Crippen LogP contribution in [-0.2, 0) is 6.54 Å². The Hall–Kier alpha value is -2.82. The molecule has 0 unspecified atom stereocenters. The highest BCUT2D eigenvalue weighted by Crippen LogP contribution is 2.24. The maximum Gasteiger partial charge on any atom is 0.261 e. The fourth-order valence-electron chi connectivity index (χ4n) is 2.62. The Kier molecular flexibility index (Phi) is 3.33. The van der Waals surface area contributed by atoms with E-state index in [1.165, 1.54) is 11.8 Å². The van der Waals surface area contributed by atoms with Crippen LogP contribution in [0.4, 0.5) is 0 Å². The Morgan fingerprint density at radius 3 is 2.14 bits per heavy atom. The Balaban J connectivity index is 1.89. The number of pyridine rings is 1. The zero-order chi connectivity index (χ0) is 15.9. The monoisotopic (exact) mass is 294 g/mol. The standard InChI is InChI=1S/C17H14N2O3/c1-10-13(11(2)20)8-7-12(18-10)9-19-16(21)14-5-3-4-6-15(14)17(19)22/h3-8H,9H2,1-2H3. The van der Waals surface area contributed by atoms with E-state index in [0.717, 1.165) is 0 Å². The number of benzene rings is 1. The average Bonchev–Trinajstić information content (AvgIpc) is 2.73. The number of carbonyl (C=O) groups is 3. The molecule has 3 rings (SSSR count). The zero-order valence-electron chi connectivity index (χ0n) is 12.3. The second-order valence-electron chi connectivity index (χ2n) is 5.23. The Morgan fingerprint density at radius 2 is 1.64 bits per heavy atom. The van der Waals surface area contributed by atoms with E-state index in [-0.39, 0.29) is 24.1 Å². The lowest BCUT2D eigenvalue weighted by atomic mass is 10.1. The molecule has 0 N–H and O–H groups in total. The van der Waals surface area contributed by atoms with Crippen LogP contribution < -0.4 is 0 Å². The van der Waals surface area contributed by atoms with Crippen molar-refractivity contribution >= 4 is 17.6 Å². The van der Waals surface area contributed by atoms with Gasteiger partial charge in [0.1, 0.15) is 0 Å². The predicted octanol–water partition coefficient (Wildman–Crippen LogP) is 2.39. The third-order valence-electron chi connectivity index (χ3n) is 3.72. The van der Waals surface area contributed by atoms with Gasteiger partial charge in [0.05, 0.1) is 23.4 Å². The summed E-state index contributed by atoms with van der Waals surface area (Å²) in [5.74, 6) is -0.677. The molecule has 5 nitrogen and oxygen atoms in total. The molecule has 2 aromatic rings. The molecule has 0 radical (unpaired) electrons. The van der Waals surface area contributed by atoms with Crippen molar-refractivity contribution in [3.63, 3.8) is 0 Å². The number of fused-ring (bicyclic) bond motifs is 1. The summed E-state index contributed by atoms with van der Waals surface area (Å²) in [6, 6.07) is 10.1. The number of hydrogen-bond donors (Lipinski definition) is 0. The molecule has 1 aliphatic heterocycles. The second-order valence-corrected chi connectivity index (χ2v) is 5.23. The van der Waals surface area contributed by atoms with Gasteiger partial charge < -0.3 is 0 Å². The first-order chi connectivity index (χ1) is 10.5. The summed E-state index contributed by atoms with van der Waals surface area (Å²) in [7, 11) is 0. The molecule has 0 bridgehead atoms. The van der Waals surface area contributed by atoms with Crippen molar-refractivity contribution in [2.24, 2.45) is 0 Å². The van der Waals surface area contributed by atoms with Gasteiger partial charge in [-0.15, -0.1) is 0 Å². The summed E-state index contributed by atoms with van der Waals surface area (Å²) in [6.07, 6.45) is 0. The summed E-state index contributed by atoms with van der Waals surface area (Å²) in [5.41, 5.74) is 2.57. The first-order valence-electron chi connectivity index (χ1n) is 6.91. The normalized spacial score (nSPS) is 13.5. The van der Waals surface area contributed by atoms with Crippen molar-refractivity contribution in [1.29, 1.82) is 0 Å². The Bertz CT molecular complexity index is 776. The summed E-state index contributed by atoms with van der Waals surface area (Å²) >= 11 is 0. The van der Waals surface area contributed by atoms with Gasteiger partial charge in [0.25, 0.3) is 11.8 Å². The van der Waals surface area contributed by atoms with E-state index in [0.29, 0.717) is 28.1 Å². The number of aromatic nitrogens is 1. The lowest BCUT2D eigenvalue weighted by Crippen LogP contribution is -2.29. The molecule has 0 fully saturated rings. The highest BCUT2D eigenvalue weighted by atomic mass is 16.2. The number of ketones is 1. The van der Waals surface area contributed by atoms with Crippen molar-refractivity contribution in [2.45, 2.75) is 20.4 Å². The molecule has 0 saturated heterocycles. The third kappa shape index (κ3) is 2.20. The third-order valence-corrected chi connectivity index (χ3v) is 3.72. The summed E-state index contributed by atoms with van der Waals surface area (Å²) < 4.78 is 0. The molecule has 1 aromatic heterocycles. The highest BCUT2D eigenvalue weighted by Gasteiger charge is 2.35. The molecule has 22 heavy (non-hydrogen) atoms.